The number of nitrogens with zero attached hydrogens (tertiary/aromatic N) is 2. The summed E-state index contributed by atoms with van der Waals surface area (Å²) in [6, 6.07) is 11.2. The molecule has 2 atom stereocenters. The quantitative estimate of drug-likeness (QED) is 0.579. The largest absolute Gasteiger partial charge is 0.497 e. The number of rotatable bonds is 5. The monoisotopic (exact) mass is 466 g/mol. The molecule has 2 aliphatic heterocycles. The second-order valence-corrected chi connectivity index (χ2v) is 8.50. The van der Waals surface area contributed by atoms with Crippen LogP contribution in [0.1, 0.15) is 19.8 Å². The zero-order valence-electron chi connectivity index (χ0n) is 18.4. The summed E-state index contributed by atoms with van der Waals surface area (Å²) in [7, 11) is 1.54. The van der Waals surface area contributed by atoms with E-state index < -0.39 is 23.9 Å². The van der Waals surface area contributed by atoms with Gasteiger partial charge in [-0.2, -0.15) is 13.2 Å². The first-order chi connectivity index (χ1) is 15.7. The van der Waals surface area contributed by atoms with Crippen LogP contribution in [0.3, 0.4) is 0 Å². The normalized spacial score (nSPS) is 22.1. The van der Waals surface area contributed by atoms with Gasteiger partial charge in [-0.15, -0.1) is 0 Å². The van der Waals surface area contributed by atoms with E-state index in [1.807, 2.05) is 4.90 Å². The molecule has 2 unspecified atom stereocenters. The van der Waals surface area contributed by atoms with E-state index in [0.717, 1.165) is 0 Å². The van der Waals surface area contributed by atoms with Crippen LogP contribution in [0.2, 0.25) is 0 Å². The Bertz CT molecular complexity index is 988. The fourth-order valence-corrected chi connectivity index (χ4v) is 4.46. The molecule has 0 bridgehead atoms. The maximum absolute atomic E-state index is 14.2. The van der Waals surface area contributed by atoms with E-state index in [9.17, 15) is 22.4 Å². The Kier molecular flexibility index (Phi) is 6.41. The molecule has 178 valence electrons. The SMILES string of the molecule is COc1ccc(F)c(N2CCC(Oc3ccc(N4CC(C(F)(F)F)C(C)C4=O)cc3)CC2)c1. The molecular weight excluding hydrogens is 440 g/mol. The van der Waals surface area contributed by atoms with Crippen molar-refractivity contribution in [3.8, 4) is 11.5 Å². The van der Waals surface area contributed by atoms with Crippen molar-refractivity contribution in [3.05, 3.63) is 48.3 Å². The highest BCUT2D eigenvalue weighted by Gasteiger charge is 2.52. The Balaban J connectivity index is 1.35. The lowest BCUT2D eigenvalue weighted by molar-refractivity contribution is -0.179. The summed E-state index contributed by atoms with van der Waals surface area (Å²) < 4.78 is 64.9. The van der Waals surface area contributed by atoms with Gasteiger partial charge in [-0.25, -0.2) is 4.39 Å². The van der Waals surface area contributed by atoms with Crippen molar-refractivity contribution in [2.45, 2.75) is 32.0 Å². The molecule has 2 saturated heterocycles. The first-order valence-corrected chi connectivity index (χ1v) is 10.9. The van der Waals surface area contributed by atoms with Gasteiger partial charge in [-0.3, -0.25) is 4.79 Å². The number of hydrogen-bond acceptors (Lipinski definition) is 4. The van der Waals surface area contributed by atoms with Crippen molar-refractivity contribution in [3.63, 3.8) is 0 Å². The molecular formula is C24H26F4N2O3. The number of hydrogen-bond donors (Lipinski definition) is 0. The van der Waals surface area contributed by atoms with Crippen LogP contribution in [-0.2, 0) is 4.79 Å². The van der Waals surface area contributed by atoms with Gasteiger partial charge >= 0.3 is 6.18 Å². The van der Waals surface area contributed by atoms with Gasteiger partial charge in [0.25, 0.3) is 0 Å². The Labute approximate surface area is 189 Å². The highest BCUT2D eigenvalue weighted by atomic mass is 19.4. The Morgan fingerprint density at radius 1 is 1.00 bits per heavy atom. The molecule has 4 rings (SSSR count). The van der Waals surface area contributed by atoms with Crippen LogP contribution in [0.25, 0.3) is 0 Å². The molecule has 2 aliphatic rings. The fourth-order valence-electron chi connectivity index (χ4n) is 4.46. The first-order valence-electron chi connectivity index (χ1n) is 10.9. The second kappa shape index (κ2) is 9.11. The van der Waals surface area contributed by atoms with Crippen LogP contribution in [0.5, 0.6) is 11.5 Å². The van der Waals surface area contributed by atoms with Gasteiger partial charge in [0.1, 0.15) is 23.4 Å². The summed E-state index contributed by atoms with van der Waals surface area (Å²) >= 11 is 0. The number of ether oxygens (including phenoxy) is 2. The van der Waals surface area contributed by atoms with E-state index in [1.165, 1.54) is 25.0 Å². The molecule has 0 spiro atoms. The van der Waals surface area contributed by atoms with Gasteiger partial charge in [0, 0.05) is 50.1 Å². The summed E-state index contributed by atoms with van der Waals surface area (Å²) in [6.07, 6.45) is -3.10. The highest BCUT2D eigenvalue weighted by molar-refractivity contribution is 5.97. The standard InChI is InChI=1S/C24H26F4N2O3/c1-15-20(24(26,27)28)14-30(23(15)31)16-3-5-17(6-4-16)33-18-9-11-29(12-10-18)22-13-19(32-2)7-8-21(22)25/h3-8,13,15,18,20H,9-12,14H2,1-2H3. The van der Waals surface area contributed by atoms with E-state index >= 15 is 0 Å². The molecule has 1 amide bonds. The molecule has 9 heteroatoms. The van der Waals surface area contributed by atoms with Gasteiger partial charge in [0.2, 0.25) is 5.91 Å². The first kappa shape index (κ1) is 23.2. The van der Waals surface area contributed by atoms with Crippen LogP contribution in [0.15, 0.2) is 42.5 Å². The van der Waals surface area contributed by atoms with E-state index in [0.29, 0.717) is 48.8 Å². The molecule has 2 heterocycles. The molecule has 0 aromatic heterocycles. The Hall–Kier alpha value is -2.97. The van der Waals surface area contributed by atoms with Crippen LogP contribution in [-0.4, -0.2) is 44.9 Å². The molecule has 2 aromatic carbocycles. The number of carbonyl (C=O) groups excluding carboxylic acids is 1. The number of piperidine rings is 1. The average Bonchev–Trinajstić information content (AvgIpc) is 3.10. The molecule has 5 nitrogen and oxygen atoms in total. The Morgan fingerprint density at radius 3 is 2.21 bits per heavy atom. The summed E-state index contributed by atoms with van der Waals surface area (Å²) in [5, 5.41) is 0. The van der Waals surface area contributed by atoms with E-state index in [-0.39, 0.29) is 18.5 Å². The summed E-state index contributed by atoms with van der Waals surface area (Å²) in [5.74, 6) is -2.41. The number of carbonyl (C=O) groups is 1. The fraction of sp³-hybridized carbons (Fsp3) is 0.458. The minimum absolute atomic E-state index is 0.0659. The molecule has 0 N–H and O–H groups in total. The zero-order chi connectivity index (χ0) is 23.8. The van der Waals surface area contributed by atoms with Crippen molar-refractivity contribution >= 4 is 17.3 Å². The smallest absolute Gasteiger partial charge is 0.394 e. The maximum Gasteiger partial charge on any atom is 0.394 e. The van der Waals surface area contributed by atoms with Crippen molar-refractivity contribution < 1.29 is 31.8 Å². The third kappa shape index (κ3) is 4.86. The minimum Gasteiger partial charge on any atom is -0.497 e. The number of halogens is 4. The Morgan fingerprint density at radius 2 is 1.64 bits per heavy atom. The average molecular weight is 466 g/mol. The van der Waals surface area contributed by atoms with Gasteiger partial charge in [0.15, 0.2) is 0 Å². The van der Waals surface area contributed by atoms with E-state index in [2.05, 4.69) is 0 Å². The predicted octanol–water partition coefficient (Wildman–Crippen LogP) is 5.04. The summed E-state index contributed by atoms with van der Waals surface area (Å²) in [5.41, 5.74) is 0.924. The molecule has 33 heavy (non-hydrogen) atoms. The van der Waals surface area contributed by atoms with Crippen LogP contribution in [0, 0.1) is 17.7 Å². The number of benzene rings is 2. The molecule has 0 aliphatic carbocycles. The molecule has 0 radical (unpaired) electrons. The van der Waals surface area contributed by atoms with Gasteiger partial charge < -0.3 is 19.3 Å². The zero-order valence-corrected chi connectivity index (χ0v) is 18.4. The van der Waals surface area contributed by atoms with Crippen molar-refractivity contribution in [1.82, 2.24) is 0 Å². The highest BCUT2D eigenvalue weighted by Crippen LogP contribution is 2.40. The second-order valence-electron chi connectivity index (χ2n) is 8.50. The molecule has 2 fully saturated rings. The van der Waals surface area contributed by atoms with Gasteiger partial charge in [-0.05, 0) is 36.4 Å². The van der Waals surface area contributed by atoms with E-state index in [1.54, 1.807) is 36.4 Å². The van der Waals surface area contributed by atoms with E-state index in [4.69, 9.17) is 9.47 Å². The molecule has 0 saturated carbocycles. The van der Waals surface area contributed by atoms with Gasteiger partial charge in [-0.1, -0.05) is 6.92 Å². The third-order valence-corrected chi connectivity index (χ3v) is 6.45. The third-order valence-electron chi connectivity index (χ3n) is 6.45. The van der Waals surface area contributed by atoms with Crippen molar-refractivity contribution in [1.29, 1.82) is 0 Å². The topological polar surface area (TPSA) is 42.0 Å². The number of alkyl halides is 3. The predicted molar refractivity (Wildman–Crippen MR) is 116 cm³/mol. The lowest BCUT2D eigenvalue weighted by Gasteiger charge is -2.34. The van der Waals surface area contributed by atoms with Crippen molar-refractivity contribution in [2.24, 2.45) is 11.8 Å². The number of anilines is 2. The minimum atomic E-state index is -4.41. The lowest BCUT2D eigenvalue weighted by Crippen LogP contribution is -2.38. The lowest BCUT2D eigenvalue weighted by atomic mass is 9.97. The molecule has 2 aromatic rings. The summed E-state index contributed by atoms with van der Waals surface area (Å²) in [6.45, 7) is 2.18. The number of amides is 1. The summed E-state index contributed by atoms with van der Waals surface area (Å²) in [4.78, 5) is 15.5. The number of methoxy groups -OCH3 is 1. The van der Waals surface area contributed by atoms with Crippen molar-refractivity contribution in [2.75, 3.05) is 36.5 Å². The van der Waals surface area contributed by atoms with Gasteiger partial charge in [0.05, 0.1) is 18.7 Å². The van der Waals surface area contributed by atoms with Crippen LogP contribution >= 0.6 is 0 Å². The maximum atomic E-state index is 14.2. The van der Waals surface area contributed by atoms with Crippen LogP contribution in [0.4, 0.5) is 28.9 Å². The van der Waals surface area contributed by atoms with Crippen LogP contribution < -0.4 is 19.3 Å².